The van der Waals surface area contributed by atoms with Crippen LogP contribution in [0.15, 0.2) is 43.0 Å². The summed E-state index contributed by atoms with van der Waals surface area (Å²) in [5.41, 5.74) is 2.45. The largest absolute Gasteiger partial charge is 0.480 e. The Morgan fingerprint density at radius 2 is 1.82 bits per heavy atom. The summed E-state index contributed by atoms with van der Waals surface area (Å²) in [5, 5.41) is 0. The van der Waals surface area contributed by atoms with Crippen LogP contribution in [0.4, 0.5) is 19.0 Å². The predicted molar refractivity (Wildman–Crippen MR) is 140 cm³/mol. The predicted octanol–water partition coefficient (Wildman–Crippen LogP) is 5.47. The third-order valence-corrected chi connectivity index (χ3v) is 7.27. The lowest BCUT2D eigenvalue weighted by molar-refractivity contribution is -0.140. The van der Waals surface area contributed by atoms with E-state index in [1.807, 2.05) is 30.9 Å². The van der Waals surface area contributed by atoms with E-state index in [-0.39, 0.29) is 5.82 Å². The molecule has 1 fully saturated rings. The van der Waals surface area contributed by atoms with Crippen LogP contribution in [0.5, 0.6) is 5.88 Å². The van der Waals surface area contributed by atoms with Gasteiger partial charge in [-0.25, -0.2) is 24.9 Å². The van der Waals surface area contributed by atoms with Gasteiger partial charge in [0.1, 0.15) is 30.3 Å². The standard InChI is InChI=1S/C28H28F3N7O2/c1-27(2)19-11-32-23(21-22(17-9-10-17)33-14-34-26(21)39-4)36-25(19)38(15-40-27)12-16-5-7-18(8-6-16)24-35-20(13-37(24)3)28(29,30)31/h5-8,11,13-14,17H,9-10,12,15H2,1-4H3. The second-order valence-corrected chi connectivity index (χ2v) is 10.6. The monoisotopic (exact) mass is 551 g/mol. The zero-order chi connectivity index (χ0) is 28.2. The number of methoxy groups -OCH3 is 1. The Bertz CT molecular complexity index is 1560. The second-order valence-electron chi connectivity index (χ2n) is 10.6. The molecule has 1 aliphatic carbocycles. The Kier molecular flexibility index (Phi) is 6.25. The fraction of sp³-hybridized carbons (Fsp3) is 0.393. The number of nitrogens with zero attached hydrogens (tertiary/aromatic N) is 7. The van der Waals surface area contributed by atoms with E-state index in [1.54, 1.807) is 32.5 Å². The number of hydrogen-bond acceptors (Lipinski definition) is 8. The summed E-state index contributed by atoms with van der Waals surface area (Å²) in [7, 11) is 3.12. The van der Waals surface area contributed by atoms with E-state index in [2.05, 4.69) is 19.9 Å². The average Bonchev–Trinajstić information content (AvgIpc) is 3.70. The smallest absolute Gasteiger partial charge is 0.434 e. The Hall–Kier alpha value is -4.06. The summed E-state index contributed by atoms with van der Waals surface area (Å²) in [6.45, 7) is 4.71. The number of rotatable bonds is 6. The lowest BCUT2D eigenvalue weighted by Crippen LogP contribution is -2.40. The molecule has 4 aromatic rings. The number of benzene rings is 1. The summed E-state index contributed by atoms with van der Waals surface area (Å²) in [4.78, 5) is 24.3. The van der Waals surface area contributed by atoms with Gasteiger partial charge in [-0.05, 0) is 32.3 Å². The highest BCUT2D eigenvalue weighted by Gasteiger charge is 2.37. The van der Waals surface area contributed by atoms with Gasteiger partial charge in [-0.3, -0.25) is 0 Å². The number of halogens is 3. The van der Waals surface area contributed by atoms with Crippen LogP contribution >= 0.6 is 0 Å². The molecule has 0 amide bonds. The van der Waals surface area contributed by atoms with Crippen molar-refractivity contribution in [1.82, 2.24) is 29.5 Å². The summed E-state index contributed by atoms with van der Waals surface area (Å²) >= 11 is 0. The summed E-state index contributed by atoms with van der Waals surface area (Å²) in [6.07, 6.45) is 1.90. The molecular formula is C28H28F3N7O2. The number of fused-ring (bicyclic) bond motifs is 1. The number of aromatic nitrogens is 6. The van der Waals surface area contributed by atoms with Crippen LogP contribution in [-0.4, -0.2) is 43.3 Å². The van der Waals surface area contributed by atoms with Gasteiger partial charge in [0.25, 0.3) is 0 Å². The van der Waals surface area contributed by atoms with E-state index in [0.29, 0.717) is 42.0 Å². The van der Waals surface area contributed by atoms with E-state index in [0.717, 1.165) is 41.7 Å². The number of anilines is 1. The van der Waals surface area contributed by atoms with Crippen molar-refractivity contribution >= 4 is 5.82 Å². The van der Waals surface area contributed by atoms with Gasteiger partial charge in [-0.2, -0.15) is 13.2 Å². The molecule has 1 aromatic carbocycles. The van der Waals surface area contributed by atoms with Crippen LogP contribution in [0, 0.1) is 0 Å². The highest BCUT2D eigenvalue weighted by molar-refractivity contribution is 5.68. The summed E-state index contributed by atoms with van der Waals surface area (Å²) in [5.74, 6) is 2.25. The minimum Gasteiger partial charge on any atom is -0.480 e. The second kappa shape index (κ2) is 9.54. The molecule has 12 heteroatoms. The van der Waals surface area contributed by atoms with E-state index >= 15 is 0 Å². The Morgan fingerprint density at radius 3 is 2.48 bits per heavy atom. The van der Waals surface area contributed by atoms with Crippen LogP contribution in [0.1, 0.15) is 55.1 Å². The third-order valence-electron chi connectivity index (χ3n) is 7.27. The molecule has 9 nitrogen and oxygen atoms in total. The average molecular weight is 552 g/mol. The molecule has 1 saturated carbocycles. The molecule has 3 aromatic heterocycles. The molecule has 1 aliphatic heterocycles. The van der Waals surface area contributed by atoms with Gasteiger partial charge >= 0.3 is 6.18 Å². The molecule has 0 bridgehead atoms. The fourth-order valence-corrected chi connectivity index (χ4v) is 4.92. The van der Waals surface area contributed by atoms with Gasteiger partial charge in [0.05, 0.1) is 18.4 Å². The molecular weight excluding hydrogens is 523 g/mol. The molecule has 2 aliphatic rings. The zero-order valence-corrected chi connectivity index (χ0v) is 22.5. The van der Waals surface area contributed by atoms with E-state index < -0.39 is 17.5 Å². The maximum atomic E-state index is 13.1. The highest BCUT2D eigenvalue weighted by Crippen LogP contribution is 2.46. The van der Waals surface area contributed by atoms with Crippen molar-refractivity contribution < 1.29 is 22.6 Å². The molecule has 6 rings (SSSR count). The number of hydrogen-bond donors (Lipinski definition) is 0. The van der Waals surface area contributed by atoms with Gasteiger partial charge in [0.2, 0.25) is 5.88 Å². The first-order chi connectivity index (χ1) is 19.0. The third kappa shape index (κ3) is 4.76. The molecule has 0 saturated heterocycles. The molecule has 0 N–H and O–H groups in total. The van der Waals surface area contributed by atoms with E-state index in [1.165, 1.54) is 10.9 Å². The van der Waals surface area contributed by atoms with Crippen LogP contribution < -0.4 is 9.64 Å². The zero-order valence-electron chi connectivity index (χ0n) is 22.5. The van der Waals surface area contributed by atoms with E-state index in [9.17, 15) is 13.2 Å². The lowest BCUT2D eigenvalue weighted by atomic mass is 9.98. The number of alkyl halides is 3. The summed E-state index contributed by atoms with van der Waals surface area (Å²) < 4.78 is 52.5. The fourth-order valence-electron chi connectivity index (χ4n) is 4.92. The Labute approximate surface area is 229 Å². The van der Waals surface area contributed by atoms with Crippen LogP contribution in [0.3, 0.4) is 0 Å². The quantitative estimate of drug-likeness (QED) is 0.312. The molecule has 208 valence electrons. The van der Waals surface area contributed by atoms with Crippen molar-refractivity contribution in [3.63, 3.8) is 0 Å². The summed E-state index contributed by atoms with van der Waals surface area (Å²) in [6, 6.07) is 7.29. The van der Waals surface area contributed by atoms with E-state index in [4.69, 9.17) is 14.5 Å². The number of ether oxygens (including phenoxy) is 2. The minimum atomic E-state index is -4.50. The first kappa shape index (κ1) is 26.2. The van der Waals surface area contributed by atoms with Crippen molar-refractivity contribution in [1.29, 1.82) is 0 Å². The van der Waals surface area contributed by atoms with Crippen molar-refractivity contribution in [2.24, 2.45) is 7.05 Å². The topological polar surface area (TPSA) is 91.1 Å². The van der Waals surface area contributed by atoms with Crippen molar-refractivity contribution in [3.05, 3.63) is 65.5 Å². The molecule has 0 radical (unpaired) electrons. The van der Waals surface area contributed by atoms with Gasteiger partial charge in [-0.15, -0.1) is 0 Å². The normalized spacial score (nSPS) is 16.6. The molecule has 0 spiro atoms. The molecule has 40 heavy (non-hydrogen) atoms. The Balaban J connectivity index is 1.33. The number of aryl methyl sites for hydroxylation is 1. The van der Waals surface area contributed by atoms with Crippen molar-refractivity contribution in [3.8, 4) is 28.7 Å². The highest BCUT2D eigenvalue weighted by atomic mass is 19.4. The first-order valence-electron chi connectivity index (χ1n) is 12.9. The van der Waals surface area contributed by atoms with Crippen LogP contribution in [-0.2, 0) is 30.1 Å². The van der Waals surface area contributed by atoms with Gasteiger partial charge in [0, 0.05) is 43.0 Å². The molecule has 0 unspecified atom stereocenters. The maximum Gasteiger partial charge on any atom is 0.434 e. The van der Waals surface area contributed by atoms with Crippen molar-refractivity contribution in [2.75, 3.05) is 18.7 Å². The van der Waals surface area contributed by atoms with Gasteiger partial charge in [0.15, 0.2) is 11.5 Å². The van der Waals surface area contributed by atoms with Crippen molar-refractivity contribution in [2.45, 2.75) is 50.9 Å². The van der Waals surface area contributed by atoms with Crippen LogP contribution in [0.2, 0.25) is 0 Å². The first-order valence-corrected chi connectivity index (χ1v) is 12.9. The minimum absolute atomic E-state index is 0.246. The Morgan fingerprint density at radius 1 is 1.07 bits per heavy atom. The maximum absolute atomic E-state index is 13.1. The molecule has 4 heterocycles. The SMILES string of the molecule is COc1ncnc(C2CC2)c1-c1ncc2c(n1)N(Cc1ccc(-c3nc(C(F)(F)F)cn3C)cc1)COC2(C)C. The lowest BCUT2D eigenvalue weighted by Gasteiger charge is -2.39. The number of imidazole rings is 1. The van der Waals surface area contributed by atoms with Gasteiger partial charge < -0.3 is 18.9 Å². The molecule has 0 atom stereocenters. The van der Waals surface area contributed by atoms with Crippen LogP contribution in [0.25, 0.3) is 22.8 Å². The van der Waals surface area contributed by atoms with Gasteiger partial charge in [-0.1, -0.05) is 24.3 Å².